The molecule has 140 valence electrons. The number of amides is 1. The number of carbonyl (C=O) groups excluding carboxylic acids is 1. The Morgan fingerprint density at radius 1 is 1.29 bits per heavy atom. The molecule has 6 nitrogen and oxygen atoms in total. The van der Waals surface area contributed by atoms with Crippen molar-refractivity contribution in [2.24, 2.45) is 10.9 Å². The van der Waals surface area contributed by atoms with Gasteiger partial charge in [-0.2, -0.15) is 0 Å². The molecule has 2 rings (SSSR count). The van der Waals surface area contributed by atoms with Crippen molar-refractivity contribution in [2.45, 2.75) is 45.1 Å². The van der Waals surface area contributed by atoms with E-state index in [0.717, 1.165) is 51.5 Å². The third-order valence-corrected chi connectivity index (χ3v) is 4.94. The van der Waals surface area contributed by atoms with E-state index in [0.29, 0.717) is 24.9 Å². The zero-order valence-corrected chi connectivity index (χ0v) is 17.6. The molecule has 2 aliphatic rings. The number of methoxy groups -OCH3 is 1. The van der Waals surface area contributed by atoms with Crippen LogP contribution in [-0.4, -0.2) is 74.7 Å². The van der Waals surface area contributed by atoms with Crippen LogP contribution in [0.4, 0.5) is 0 Å². The van der Waals surface area contributed by atoms with Gasteiger partial charge in [0.1, 0.15) is 0 Å². The van der Waals surface area contributed by atoms with Crippen molar-refractivity contribution < 1.29 is 9.53 Å². The summed E-state index contributed by atoms with van der Waals surface area (Å²) in [5, 5.41) is 3.35. The quantitative estimate of drug-likeness (QED) is 0.394. The second-order valence-corrected chi connectivity index (χ2v) is 6.71. The van der Waals surface area contributed by atoms with Gasteiger partial charge in [0.25, 0.3) is 0 Å². The summed E-state index contributed by atoms with van der Waals surface area (Å²) in [5.74, 6) is 1.75. The molecule has 2 fully saturated rings. The smallest absolute Gasteiger partial charge is 0.224 e. The number of piperidine rings is 1. The van der Waals surface area contributed by atoms with E-state index in [1.54, 1.807) is 14.2 Å². The van der Waals surface area contributed by atoms with Crippen molar-refractivity contribution in [3.8, 4) is 0 Å². The summed E-state index contributed by atoms with van der Waals surface area (Å²) < 4.78 is 5.24. The highest BCUT2D eigenvalue weighted by molar-refractivity contribution is 14.0. The highest BCUT2D eigenvalue weighted by Crippen LogP contribution is 2.18. The van der Waals surface area contributed by atoms with Gasteiger partial charge >= 0.3 is 0 Å². The number of likely N-dealkylation sites (tertiary alicyclic amines) is 2. The molecule has 2 saturated heterocycles. The van der Waals surface area contributed by atoms with Crippen LogP contribution in [0.15, 0.2) is 4.99 Å². The van der Waals surface area contributed by atoms with Gasteiger partial charge in [-0.05, 0) is 32.6 Å². The molecule has 2 aliphatic heterocycles. The number of nitrogens with zero attached hydrogens (tertiary/aromatic N) is 3. The minimum atomic E-state index is 0. The number of guanidine groups is 1. The van der Waals surface area contributed by atoms with E-state index in [4.69, 9.17) is 4.74 Å². The average molecular weight is 452 g/mol. The van der Waals surface area contributed by atoms with E-state index in [1.165, 1.54) is 6.42 Å². The Hall–Kier alpha value is -0.570. The predicted molar refractivity (Wildman–Crippen MR) is 108 cm³/mol. The largest absolute Gasteiger partial charge is 0.384 e. The monoisotopic (exact) mass is 452 g/mol. The highest BCUT2D eigenvalue weighted by Gasteiger charge is 2.25. The molecule has 2 atom stereocenters. The van der Waals surface area contributed by atoms with Crippen LogP contribution in [0.2, 0.25) is 0 Å². The Labute approximate surface area is 163 Å². The summed E-state index contributed by atoms with van der Waals surface area (Å²) in [5.41, 5.74) is 0. The van der Waals surface area contributed by atoms with Crippen molar-refractivity contribution in [1.82, 2.24) is 15.1 Å². The maximum atomic E-state index is 12.4. The third kappa shape index (κ3) is 6.06. The number of nitrogens with one attached hydrogen (secondary N) is 1. The topological polar surface area (TPSA) is 57.2 Å². The van der Waals surface area contributed by atoms with Crippen LogP contribution in [0.5, 0.6) is 0 Å². The Balaban J connectivity index is 0.00000288. The molecular weight excluding hydrogens is 419 g/mol. The van der Waals surface area contributed by atoms with Crippen LogP contribution in [-0.2, 0) is 9.53 Å². The van der Waals surface area contributed by atoms with Crippen LogP contribution in [0, 0.1) is 5.92 Å². The van der Waals surface area contributed by atoms with E-state index in [-0.39, 0.29) is 29.9 Å². The van der Waals surface area contributed by atoms with Gasteiger partial charge in [-0.1, -0.05) is 0 Å². The van der Waals surface area contributed by atoms with E-state index < -0.39 is 0 Å². The SMILES string of the molecule is CN=C(NCCC(=O)N1CCCCC1C)N1CCC(COC)C1.I. The standard InChI is InChI=1S/C17H32N4O2.HI/c1-14-6-4-5-10-21(14)16(22)7-9-19-17(18-2)20-11-8-15(12-20)13-23-3;/h14-15H,4-13H2,1-3H3,(H,18,19);1H. The number of halogens is 1. The fraction of sp³-hybridized carbons (Fsp3) is 0.882. The maximum absolute atomic E-state index is 12.4. The van der Waals surface area contributed by atoms with Gasteiger partial charge in [0.15, 0.2) is 5.96 Å². The molecule has 2 heterocycles. The summed E-state index contributed by atoms with van der Waals surface area (Å²) in [6.45, 7) is 6.51. The Morgan fingerprint density at radius 2 is 2.08 bits per heavy atom. The molecule has 0 aromatic heterocycles. The summed E-state index contributed by atoms with van der Waals surface area (Å²) in [7, 11) is 3.56. The minimum absolute atomic E-state index is 0. The number of hydrogen-bond acceptors (Lipinski definition) is 3. The molecule has 1 amide bonds. The fourth-order valence-corrected chi connectivity index (χ4v) is 3.62. The molecule has 0 aliphatic carbocycles. The van der Waals surface area contributed by atoms with Gasteiger partial charge in [-0.25, -0.2) is 0 Å². The first kappa shape index (κ1) is 21.5. The molecule has 0 aromatic rings. The normalized spacial score (nSPS) is 24.7. The molecule has 0 saturated carbocycles. The Kier molecular flexibility index (Phi) is 9.95. The first-order valence-electron chi connectivity index (χ1n) is 8.89. The lowest BCUT2D eigenvalue weighted by Gasteiger charge is -2.33. The van der Waals surface area contributed by atoms with Gasteiger partial charge in [0.2, 0.25) is 5.91 Å². The van der Waals surface area contributed by atoms with Crippen molar-refractivity contribution in [2.75, 3.05) is 46.9 Å². The number of rotatable bonds is 5. The van der Waals surface area contributed by atoms with Gasteiger partial charge in [0, 0.05) is 58.7 Å². The lowest BCUT2D eigenvalue weighted by Crippen LogP contribution is -2.45. The number of ether oxygens (including phenoxy) is 1. The lowest BCUT2D eigenvalue weighted by atomic mass is 10.0. The van der Waals surface area contributed by atoms with Crippen LogP contribution in [0.25, 0.3) is 0 Å². The zero-order valence-electron chi connectivity index (χ0n) is 15.3. The van der Waals surface area contributed by atoms with Crippen molar-refractivity contribution in [1.29, 1.82) is 0 Å². The summed E-state index contributed by atoms with van der Waals surface area (Å²) >= 11 is 0. The van der Waals surface area contributed by atoms with E-state index in [1.807, 2.05) is 4.90 Å². The number of aliphatic imine (C=N–C) groups is 1. The second kappa shape index (κ2) is 11.1. The molecule has 0 bridgehead atoms. The highest BCUT2D eigenvalue weighted by atomic mass is 127. The van der Waals surface area contributed by atoms with Gasteiger partial charge in [-0.3, -0.25) is 9.79 Å². The lowest BCUT2D eigenvalue weighted by molar-refractivity contribution is -0.134. The first-order chi connectivity index (χ1) is 11.2. The van der Waals surface area contributed by atoms with Crippen LogP contribution >= 0.6 is 24.0 Å². The Bertz CT molecular complexity index is 419. The van der Waals surface area contributed by atoms with Crippen LogP contribution in [0.1, 0.15) is 39.0 Å². The van der Waals surface area contributed by atoms with E-state index >= 15 is 0 Å². The molecule has 1 N–H and O–H groups in total. The first-order valence-corrected chi connectivity index (χ1v) is 8.89. The molecule has 0 aromatic carbocycles. The van der Waals surface area contributed by atoms with Gasteiger partial charge < -0.3 is 19.9 Å². The van der Waals surface area contributed by atoms with Crippen LogP contribution in [0.3, 0.4) is 0 Å². The van der Waals surface area contributed by atoms with E-state index in [2.05, 4.69) is 22.1 Å². The number of hydrogen-bond donors (Lipinski definition) is 1. The maximum Gasteiger partial charge on any atom is 0.224 e. The average Bonchev–Trinajstić information content (AvgIpc) is 3.00. The zero-order chi connectivity index (χ0) is 16.7. The summed E-state index contributed by atoms with van der Waals surface area (Å²) in [6.07, 6.45) is 5.19. The number of carbonyl (C=O) groups is 1. The minimum Gasteiger partial charge on any atom is -0.384 e. The van der Waals surface area contributed by atoms with E-state index in [9.17, 15) is 4.79 Å². The van der Waals surface area contributed by atoms with Crippen molar-refractivity contribution >= 4 is 35.8 Å². The molecule has 0 spiro atoms. The second-order valence-electron chi connectivity index (χ2n) is 6.71. The molecule has 0 radical (unpaired) electrons. The molecule has 7 heteroatoms. The van der Waals surface area contributed by atoms with Crippen molar-refractivity contribution in [3.05, 3.63) is 0 Å². The fourth-order valence-electron chi connectivity index (χ4n) is 3.62. The molecular formula is C17H33IN4O2. The molecule has 2 unspecified atom stereocenters. The van der Waals surface area contributed by atoms with Gasteiger partial charge in [0.05, 0.1) is 6.61 Å². The van der Waals surface area contributed by atoms with Gasteiger partial charge in [-0.15, -0.1) is 24.0 Å². The summed E-state index contributed by atoms with van der Waals surface area (Å²) in [6, 6.07) is 0.393. The van der Waals surface area contributed by atoms with Crippen LogP contribution < -0.4 is 5.32 Å². The molecule has 24 heavy (non-hydrogen) atoms. The summed E-state index contributed by atoms with van der Waals surface area (Å²) in [4.78, 5) is 21.0. The Morgan fingerprint density at radius 3 is 2.75 bits per heavy atom. The third-order valence-electron chi connectivity index (χ3n) is 4.94. The van der Waals surface area contributed by atoms with Crippen molar-refractivity contribution in [3.63, 3.8) is 0 Å². The predicted octanol–water partition coefficient (Wildman–Crippen LogP) is 1.94.